The fraction of sp³-hybridized carbons (Fsp3) is 0.455. The van der Waals surface area contributed by atoms with Crippen LogP contribution in [0.25, 0.3) is 0 Å². The van der Waals surface area contributed by atoms with Crippen LogP contribution < -0.4 is 10.5 Å². The van der Waals surface area contributed by atoms with Crippen LogP contribution in [0, 0.1) is 0 Å². The van der Waals surface area contributed by atoms with Gasteiger partial charge in [0.15, 0.2) is 11.5 Å². The maximum Gasteiger partial charge on any atom is 0.160 e. The van der Waals surface area contributed by atoms with Crippen LogP contribution in [0.3, 0.4) is 0 Å². The highest BCUT2D eigenvalue weighted by Gasteiger charge is 2.16. The quantitative estimate of drug-likeness (QED) is 0.890. The van der Waals surface area contributed by atoms with Gasteiger partial charge >= 0.3 is 0 Å². The second-order valence-electron chi connectivity index (χ2n) is 4.28. The van der Waals surface area contributed by atoms with E-state index in [1.54, 1.807) is 12.1 Å². The van der Waals surface area contributed by atoms with Gasteiger partial charge in [-0.3, -0.25) is 0 Å². The minimum absolute atomic E-state index is 0.128. The highest BCUT2D eigenvalue weighted by Crippen LogP contribution is 2.33. The van der Waals surface area contributed by atoms with Crippen LogP contribution in [-0.2, 0) is 6.42 Å². The number of aromatic hydroxyl groups is 1. The van der Waals surface area contributed by atoms with Crippen LogP contribution in [0.4, 0.5) is 0 Å². The number of rotatable bonds is 3. The van der Waals surface area contributed by atoms with E-state index >= 15 is 0 Å². The molecule has 0 aliphatic heterocycles. The van der Waals surface area contributed by atoms with E-state index in [2.05, 4.69) is 15.9 Å². The maximum atomic E-state index is 9.53. The van der Waals surface area contributed by atoms with Gasteiger partial charge < -0.3 is 15.6 Å². The number of ether oxygens (including phenoxy) is 1. The minimum atomic E-state index is -0.287. The molecular weight excluding hydrogens is 258 g/mol. The first-order chi connectivity index (χ1) is 6.83. The van der Waals surface area contributed by atoms with E-state index in [0.717, 1.165) is 10.0 Å². The summed E-state index contributed by atoms with van der Waals surface area (Å²) in [6.45, 7) is 3.91. The van der Waals surface area contributed by atoms with E-state index in [1.807, 2.05) is 13.8 Å². The van der Waals surface area contributed by atoms with Crippen molar-refractivity contribution < 1.29 is 9.84 Å². The molecule has 0 saturated carbocycles. The van der Waals surface area contributed by atoms with Crippen LogP contribution in [-0.4, -0.2) is 17.8 Å². The van der Waals surface area contributed by atoms with E-state index < -0.39 is 0 Å². The van der Waals surface area contributed by atoms with Gasteiger partial charge in [-0.2, -0.15) is 0 Å². The molecule has 15 heavy (non-hydrogen) atoms. The van der Waals surface area contributed by atoms with Gasteiger partial charge in [0.1, 0.15) is 0 Å². The van der Waals surface area contributed by atoms with Gasteiger partial charge in [-0.05, 0) is 38.0 Å². The fourth-order valence-electron chi connectivity index (χ4n) is 1.37. The summed E-state index contributed by atoms with van der Waals surface area (Å²) in [6.07, 6.45) is 0.713. The van der Waals surface area contributed by atoms with Crippen molar-refractivity contribution in [3.05, 3.63) is 22.2 Å². The summed E-state index contributed by atoms with van der Waals surface area (Å²) in [6, 6.07) is 3.42. The molecule has 0 spiro atoms. The summed E-state index contributed by atoms with van der Waals surface area (Å²) in [5.74, 6) is 0.598. The molecule has 0 aromatic heterocycles. The van der Waals surface area contributed by atoms with Crippen LogP contribution in [0.2, 0.25) is 0 Å². The Bertz CT molecular complexity index is 358. The fourth-order valence-corrected chi connectivity index (χ4v) is 1.85. The van der Waals surface area contributed by atoms with Crippen molar-refractivity contribution in [1.82, 2.24) is 0 Å². The van der Waals surface area contributed by atoms with Gasteiger partial charge in [0, 0.05) is 10.0 Å². The number of methoxy groups -OCH3 is 1. The monoisotopic (exact) mass is 273 g/mol. The average Bonchev–Trinajstić information content (AvgIpc) is 2.07. The largest absolute Gasteiger partial charge is 0.504 e. The molecule has 0 amide bonds. The van der Waals surface area contributed by atoms with Gasteiger partial charge in [0.05, 0.1) is 7.11 Å². The van der Waals surface area contributed by atoms with E-state index in [4.69, 9.17) is 10.5 Å². The Hall–Kier alpha value is -0.740. The molecule has 1 aromatic rings. The molecule has 0 fully saturated rings. The lowest BCUT2D eigenvalue weighted by Crippen LogP contribution is -2.34. The molecule has 3 N–H and O–H groups in total. The third-order valence-corrected chi connectivity index (χ3v) is 2.73. The summed E-state index contributed by atoms with van der Waals surface area (Å²) in [5, 5.41) is 9.53. The molecule has 1 rings (SSSR count). The highest BCUT2D eigenvalue weighted by molar-refractivity contribution is 9.10. The first-order valence-electron chi connectivity index (χ1n) is 4.68. The number of phenols is 1. The van der Waals surface area contributed by atoms with Crippen LogP contribution >= 0.6 is 15.9 Å². The normalized spacial score (nSPS) is 11.5. The lowest BCUT2D eigenvalue weighted by molar-refractivity contribution is 0.372. The smallest absolute Gasteiger partial charge is 0.160 e. The highest BCUT2D eigenvalue weighted by atomic mass is 79.9. The Morgan fingerprint density at radius 2 is 2.07 bits per heavy atom. The zero-order valence-electron chi connectivity index (χ0n) is 9.17. The zero-order chi connectivity index (χ0) is 11.6. The zero-order valence-corrected chi connectivity index (χ0v) is 10.8. The molecule has 0 saturated heterocycles. The number of hydrogen-bond donors (Lipinski definition) is 2. The molecule has 84 valence electrons. The maximum absolute atomic E-state index is 9.53. The summed E-state index contributed by atoms with van der Waals surface area (Å²) < 4.78 is 5.89. The molecule has 0 radical (unpaired) electrons. The van der Waals surface area contributed by atoms with Gasteiger partial charge in [0.25, 0.3) is 0 Å². The van der Waals surface area contributed by atoms with Crippen molar-refractivity contribution in [3.8, 4) is 11.5 Å². The van der Waals surface area contributed by atoms with Crippen molar-refractivity contribution in [1.29, 1.82) is 0 Å². The summed E-state index contributed by atoms with van der Waals surface area (Å²) in [4.78, 5) is 0. The second kappa shape index (κ2) is 4.41. The standard InChI is InChI=1S/C11H16BrNO2/c1-11(2,13)6-7-4-10(15-3)9(14)5-8(7)12/h4-5,14H,6,13H2,1-3H3. The van der Waals surface area contributed by atoms with Crippen LogP contribution in [0.5, 0.6) is 11.5 Å². The summed E-state index contributed by atoms with van der Waals surface area (Å²) in [7, 11) is 1.53. The minimum Gasteiger partial charge on any atom is -0.504 e. The number of nitrogens with two attached hydrogens (primary N) is 1. The van der Waals surface area contributed by atoms with Crippen molar-refractivity contribution >= 4 is 15.9 Å². The van der Waals surface area contributed by atoms with Gasteiger partial charge in [0.2, 0.25) is 0 Å². The molecule has 0 aliphatic rings. The number of benzene rings is 1. The number of hydrogen-bond acceptors (Lipinski definition) is 3. The second-order valence-corrected chi connectivity index (χ2v) is 5.14. The molecular formula is C11H16BrNO2. The van der Waals surface area contributed by atoms with E-state index in [1.165, 1.54) is 7.11 Å². The predicted octanol–water partition coefficient (Wildman–Crippen LogP) is 2.44. The third-order valence-electron chi connectivity index (χ3n) is 1.99. The molecule has 0 heterocycles. The summed E-state index contributed by atoms with van der Waals surface area (Å²) in [5.41, 5.74) is 6.68. The molecule has 4 heteroatoms. The van der Waals surface area contributed by atoms with E-state index in [0.29, 0.717) is 12.2 Å². The molecule has 0 aliphatic carbocycles. The SMILES string of the molecule is COc1cc(CC(C)(C)N)c(Br)cc1O. The first kappa shape index (κ1) is 12.3. The van der Waals surface area contributed by atoms with Crippen LogP contribution in [0.1, 0.15) is 19.4 Å². The van der Waals surface area contributed by atoms with Crippen molar-refractivity contribution in [2.75, 3.05) is 7.11 Å². The van der Waals surface area contributed by atoms with Gasteiger partial charge in [-0.25, -0.2) is 0 Å². The average molecular weight is 274 g/mol. The van der Waals surface area contributed by atoms with Crippen molar-refractivity contribution in [2.24, 2.45) is 5.73 Å². The number of phenolic OH excluding ortho intramolecular Hbond substituents is 1. The third kappa shape index (κ3) is 3.39. The van der Waals surface area contributed by atoms with E-state index in [-0.39, 0.29) is 11.3 Å². The van der Waals surface area contributed by atoms with Crippen LogP contribution in [0.15, 0.2) is 16.6 Å². The Morgan fingerprint density at radius 3 is 2.53 bits per heavy atom. The lowest BCUT2D eigenvalue weighted by Gasteiger charge is -2.20. The number of halogens is 1. The summed E-state index contributed by atoms with van der Waals surface area (Å²) >= 11 is 3.39. The molecule has 0 atom stereocenters. The van der Waals surface area contributed by atoms with Crippen molar-refractivity contribution in [3.63, 3.8) is 0 Å². The molecule has 3 nitrogen and oxygen atoms in total. The molecule has 0 bridgehead atoms. The lowest BCUT2D eigenvalue weighted by atomic mass is 9.96. The Balaban J connectivity index is 3.08. The Morgan fingerprint density at radius 1 is 1.47 bits per heavy atom. The first-order valence-corrected chi connectivity index (χ1v) is 5.47. The van der Waals surface area contributed by atoms with Gasteiger partial charge in [-0.1, -0.05) is 15.9 Å². The van der Waals surface area contributed by atoms with E-state index in [9.17, 15) is 5.11 Å². The van der Waals surface area contributed by atoms with Gasteiger partial charge in [-0.15, -0.1) is 0 Å². The predicted molar refractivity (Wildman–Crippen MR) is 64.3 cm³/mol. The Labute approximate surface area is 98.4 Å². The molecule has 0 unspecified atom stereocenters. The Kier molecular flexibility index (Phi) is 3.62. The van der Waals surface area contributed by atoms with Crippen molar-refractivity contribution in [2.45, 2.75) is 25.8 Å². The topological polar surface area (TPSA) is 55.5 Å². The molecule has 1 aromatic carbocycles.